The molecule has 2 aromatic heterocycles. The summed E-state index contributed by atoms with van der Waals surface area (Å²) in [4.78, 5) is 39.3. The van der Waals surface area contributed by atoms with E-state index >= 15 is 0 Å². The van der Waals surface area contributed by atoms with Gasteiger partial charge in [0.25, 0.3) is 5.91 Å². The van der Waals surface area contributed by atoms with Crippen LogP contribution in [0.1, 0.15) is 19.4 Å². The number of aryl methyl sites for hydroxylation is 1. The number of nitrogens with one attached hydrogen (secondary N) is 3. The van der Waals surface area contributed by atoms with Crippen molar-refractivity contribution in [2.75, 3.05) is 23.7 Å². The molecule has 1 aliphatic rings. The molecule has 3 aromatic rings. The van der Waals surface area contributed by atoms with Crippen molar-refractivity contribution in [1.82, 2.24) is 25.2 Å². The number of amides is 3. The van der Waals surface area contributed by atoms with Gasteiger partial charge in [0, 0.05) is 25.0 Å². The maximum Gasteiger partial charge on any atom is 0.325 e. The van der Waals surface area contributed by atoms with Crippen molar-refractivity contribution in [3.05, 3.63) is 47.2 Å². The van der Waals surface area contributed by atoms with Crippen LogP contribution in [-0.4, -0.2) is 50.4 Å². The summed E-state index contributed by atoms with van der Waals surface area (Å²) in [5.74, 6) is 0.0581. The second-order valence-corrected chi connectivity index (χ2v) is 9.19. The summed E-state index contributed by atoms with van der Waals surface area (Å²) in [5.41, 5.74) is 1.77. The predicted octanol–water partition coefficient (Wildman–Crippen LogP) is 4.05. The first-order valence-electron chi connectivity index (χ1n) is 9.94. The third kappa shape index (κ3) is 4.37. The van der Waals surface area contributed by atoms with Crippen LogP contribution in [-0.2, 0) is 4.79 Å². The Bertz CT molecular complexity index is 1180. The minimum atomic E-state index is -0.895. The molecule has 0 radical (unpaired) electrons. The normalized spacial score (nSPS) is 15.1. The predicted molar refractivity (Wildman–Crippen MR) is 125 cm³/mol. The molecule has 166 valence electrons. The Morgan fingerprint density at radius 3 is 2.69 bits per heavy atom. The number of nitrogens with zero attached hydrogens (tertiary/aromatic N) is 4. The number of para-hydroxylation sites is 1. The lowest BCUT2D eigenvalue weighted by Gasteiger charge is -2.27. The van der Waals surface area contributed by atoms with Crippen molar-refractivity contribution >= 4 is 51.6 Å². The van der Waals surface area contributed by atoms with Gasteiger partial charge in [0.05, 0.1) is 16.1 Å². The summed E-state index contributed by atoms with van der Waals surface area (Å²) in [6.07, 6.45) is 3.24. The van der Waals surface area contributed by atoms with E-state index in [2.05, 4.69) is 30.9 Å². The number of hydrogen-bond donors (Lipinski definition) is 3. The minimum Gasteiger partial charge on any atom is -0.352 e. The van der Waals surface area contributed by atoms with E-state index in [1.807, 2.05) is 31.2 Å². The molecule has 3 heterocycles. The van der Waals surface area contributed by atoms with Gasteiger partial charge in [-0.15, -0.1) is 0 Å². The monoisotopic (exact) mass is 471 g/mol. The quantitative estimate of drug-likeness (QED) is 0.445. The van der Waals surface area contributed by atoms with Gasteiger partial charge in [0.2, 0.25) is 5.95 Å². The molecular formula is C21H22ClN7O2S. The Balaban J connectivity index is 1.44. The summed E-state index contributed by atoms with van der Waals surface area (Å²) in [6.45, 7) is 6.12. The third-order valence-electron chi connectivity index (χ3n) is 5.18. The van der Waals surface area contributed by atoms with Crippen molar-refractivity contribution in [3.63, 3.8) is 0 Å². The summed E-state index contributed by atoms with van der Waals surface area (Å²) in [6, 6.07) is 7.56. The van der Waals surface area contributed by atoms with E-state index in [4.69, 9.17) is 11.6 Å². The van der Waals surface area contributed by atoms with Crippen LogP contribution in [0.4, 0.5) is 21.6 Å². The van der Waals surface area contributed by atoms with Gasteiger partial charge in [0.15, 0.2) is 5.13 Å². The van der Waals surface area contributed by atoms with Crippen LogP contribution >= 0.6 is 22.9 Å². The minimum absolute atomic E-state index is 0.312. The molecule has 3 amide bonds. The molecule has 9 nitrogen and oxygen atoms in total. The van der Waals surface area contributed by atoms with Gasteiger partial charge in [-0.2, -0.15) is 0 Å². The second kappa shape index (κ2) is 8.71. The zero-order valence-corrected chi connectivity index (χ0v) is 19.3. The number of hydrogen-bond acceptors (Lipinski definition) is 8. The van der Waals surface area contributed by atoms with Gasteiger partial charge in [-0.3, -0.25) is 10.1 Å². The lowest BCUT2D eigenvalue weighted by Crippen LogP contribution is -2.46. The van der Waals surface area contributed by atoms with Crippen LogP contribution in [0.2, 0.25) is 5.02 Å². The first kappa shape index (κ1) is 22.0. The molecule has 0 atom stereocenters. The summed E-state index contributed by atoms with van der Waals surface area (Å²) >= 11 is 7.78. The molecule has 0 bridgehead atoms. The van der Waals surface area contributed by atoms with E-state index in [9.17, 15) is 9.59 Å². The maximum absolute atomic E-state index is 12.0. The number of rotatable bonds is 7. The van der Waals surface area contributed by atoms with Crippen LogP contribution in [0.15, 0.2) is 36.7 Å². The van der Waals surface area contributed by atoms with E-state index in [1.54, 1.807) is 20.0 Å². The fourth-order valence-corrected chi connectivity index (χ4v) is 4.33. The number of urea groups is 1. The van der Waals surface area contributed by atoms with E-state index in [0.29, 0.717) is 29.8 Å². The first-order valence-corrected chi connectivity index (χ1v) is 11.1. The average Bonchev–Trinajstić information content (AvgIpc) is 3.28. The lowest BCUT2D eigenvalue weighted by molar-refractivity contribution is -0.125. The molecule has 0 unspecified atom stereocenters. The highest BCUT2D eigenvalue weighted by Crippen LogP contribution is 2.34. The van der Waals surface area contributed by atoms with Gasteiger partial charge in [-0.25, -0.2) is 19.7 Å². The molecule has 1 aromatic carbocycles. The van der Waals surface area contributed by atoms with Gasteiger partial charge >= 0.3 is 6.03 Å². The van der Waals surface area contributed by atoms with E-state index in [0.717, 1.165) is 21.3 Å². The largest absolute Gasteiger partial charge is 0.352 e. The molecule has 0 saturated carbocycles. The number of aromatic nitrogens is 3. The molecule has 1 aliphatic heterocycles. The Morgan fingerprint density at radius 1 is 1.19 bits per heavy atom. The molecule has 4 rings (SSSR count). The number of carbonyl (C=O) groups excluding carboxylic acids is 2. The van der Waals surface area contributed by atoms with Crippen molar-refractivity contribution in [2.45, 2.75) is 26.3 Å². The third-order valence-corrected chi connectivity index (χ3v) is 6.38. The van der Waals surface area contributed by atoms with Crippen LogP contribution in [0.25, 0.3) is 10.6 Å². The van der Waals surface area contributed by atoms with Crippen LogP contribution < -0.4 is 16.0 Å². The zero-order valence-electron chi connectivity index (χ0n) is 17.8. The van der Waals surface area contributed by atoms with Gasteiger partial charge < -0.3 is 15.5 Å². The highest BCUT2D eigenvalue weighted by molar-refractivity contribution is 7.19. The fourth-order valence-electron chi connectivity index (χ4n) is 3.25. The molecule has 0 aliphatic carbocycles. The topological polar surface area (TPSA) is 112 Å². The van der Waals surface area contributed by atoms with Crippen LogP contribution in [0.5, 0.6) is 0 Å². The van der Waals surface area contributed by atoms with Crippen molar-refractivity contribution in [1.29, 1.82) is 0 Å². The van der Waals surface area contributed by atoms with Crippen LogP contribution in [0.3, 0.4) is 0 Å². The molecule has 1 saturated heterocycles. The number of carbonyl (C=O) groups is 2. The van der Waals surface area contributed by atoms with Crippen molar-refractivity contribution in [2.24, 2.45) is 0 Å². The maximum atomic E-state index is 12.0. The van der Waals surface area contributed by atoms with Crippen molar-refractivity contribution < 1.29 is 9.59 Å². The van der Waals surface area contributed by atoms with Crippen LogP contribution in [0, 0.1) is 6.92 Å². The van der Waals surface area contributed by atoms with Crippen molar-refractivity contribution in [3.8, 4) is 10.6 Å². The van der Waals surface area contributed by atoms with Gasteiger partial charge in [-0.1, -0.05) is 41.1 Å². The Labute approximate surface area is 194 Å². The number of benzene rings is 1. The number of halogens is 1. The molecule has 0 spiro atoms. The number of imide groups is 1. The Kier molecular flexibility index (Phi) is 5.98. The number of anilines is 3. The SMILES string of the molecule is Cc1ccccc1Nc1ncc(-c2nc(NCCN3C(=O)NC(=O)C3(C)C)ncc2Cl)s1. The summed E-state index contributed by atoms with van der Waals surface area (Å²) in [5, 5.41) is 9.87. The molecule has 11 heteroatoms. The molecule has 32 heavy (non-hydrogen) atoms. The molecular weight excluding hydrogens is 450 g/mol. The van der Waals surface area contributed by atoms with E-state index in [1.165, 1.54) is 22.4 Å². The molecule has 3 N–H and O–H groups in total. The first-order chi connectivity index (χ1) is 15.3. The number of thiazole rings is 1. The Hall–Kier alpha value is -3.24. The molecule has 1 fully saturated rings. The Morgan fingerprint density at radius 2 is 1.97 bits per heavy atom. The smallest absolute Gasteiger partial charge is 0.325 e. The second-order valence-electron chi connectivity index (χ2n) is 7.76. The van der Waals surface area contributed by atoms with E-state index in [-0.39, 0.29) is 5.91 Å². The highest BCUT2D eigenvalue weighted by Gasteiger charge is 2.45. The average molecular weight is 472 g/mol. The standard InChI is InChI=1S/C21H22ClN7O2S/c1-12-6-4-5-7-14(12)26-19-25-11-15(32-19)16-13(22)10-24-18(27-16)23-8-9-29-20(31)28-17(30)21(29,2)3/h4-7,10-11H,8-9H2,1-3H3,(H,25,26)(H,23,24,27)(H,28,30,31). The van der Waals surface area contributed by atoms with E-state index < -0.39 is 11.6 Å². The van der Waals surface area contributed by atoms with Gasteiger partial charge in [0.1, 0.15) is 11.2 Å². The summed E-state index contributed by atoms with van der Waals surface area (Å²) in [7, 11) is 0. The summed E-state index contributed by atoms with van der Waals surface area (Å²) < 4.78 is 0. The highest BCUT2D eigenvalue weighted by atomic mass is 35.5. The zero-order chi connectivity index (χ0) is 22.9. The lowest BCUT2D eigenvalue weighted by atomic mass is 10.0. The van der Waals surface area contributed by atoms with Gasteiger partial charge in [-0.05, 0) is 32.4 Å². The fraction of sp³-hybridized carbons (Fsp3) is 0.286.